The van der Waals surface area contributed by atoms with Crippen molar-refractivity contribution < 1.29 is 42.7 Å². The SMILES string of the molecule is Nc1ncc(-c2cnn(C3CCN(C4CC5(CCN(CC6CCN(C(=O)C7CN(C8=CC(=O)N(C9CCC(=O)NC9=O)C8=O)C7)CC6)CC5)C4)CC3)c2)nc1C(=O)O[C@@H](C(=O)Nc1ccc(F)cc1)c1ccccc1. The van der Waals surface area contributed by atoms with E-state index in [1.807, 2.05) is 15.8 Å². The summed E-state index contributed by atoms with van der Waals surface area (Å²) in [5.41, 5.74) is 8.34. The number of nitrogens with zero attached hydrogens (tertiary/aromatic N) is 9. The molecule has 2 atom stereocenters. The van der Waals surface area contributed by atoms with Gasteiger partial charge in [0.15, 0.2) is 11.5 Å². The predicted octanol–water partition coefficient (Wildman–Crippen LogP) is 3.71. The van der Waals surface area contributed by atoms with Gasteiger partial charge in [-0.05, 0) is 106 Å². The zero-order chi connectivity index (χ0) is 52.0. The molecule has 4 N–H and O–H groups in total. The minimum absolute atomic E-state index is 0.0649. The Morgan fingerprint density at radius 3 is 2.29 bits per heavy atom. The van der Waals surface area contributed by atoms with Crippen LogP contribution in [-0.4, -0.2) is 157 Å². The average Bonchev–Trinajstić information content (AvgIpc) is 4.00. The van der Waals surface area contributed by atoms with Gasteiger partial charge in [-0.15, -0.1) is 0 Å². The van der Waals surface area contributed by atoms with E-state index in [0.717, 1.165) is 76.4 Å². The molecule has 1 unspecified atom stereocenters. The number of aromatic nitrogens is 4. The Morgan fingerprint density at radius 2 is 1.59 bits per heavy atom. The van der Waals surface area contributed by atoms with E-state index in [2.05, 4.69) is 30.4 Å². The highest BCUT2D eigenvalue weighted by atomic mass is 19.1. The molecule has 75 heavy (non-hydrogen) atoms. The molecule has 2 aromatic carbocycles. The van der Waals surface area contributed by atoms with Crippen molar-refractivity contribution in [3.8, 4) is 11.3 Å². The summed E-state index contributed by atoms with van der Waals surface area (Å²) in [7, 11) is 0. The molecule has 21 heteroatoms. The summed E-state index contributed by atoms with van der Waals surface area (Å²) < 4.78 is 21.2. The van der Waals surface area contributed by atoms with Crippen molar-refractivity contribution >= 4 is 52.9 Å². The van der Waals surface area contributed by atoms with Crippen molar-refractivity contribution in [2.45, 2.75) is 88.4 Å². The maximum Gasteiger partial charge on any atom is 0.361 e. The van der Waals surface area contributed by atoms with Gasteiger partial charge in [0, 0.05) is 87.4 Å². The first-order chi connectivity index (χ1) is 36.3. The molecule has 1 aliphatic carbocycles. The van der Waals surface area contributed by atoms with E-state index in [0.29, 0.717) is 53.0 Å². The maximum atomic E-state index is 13.6. The number of piperidine rings is 4. The van der Waals surface area contributed by atoms with Crippen LogP contribution >= 0.6 is 0 Å². The number of nitrogen functional groups attached to an aromatic ring is 1. The molecule has 6 amide bonds. The molecule has 8 heterocycles. The van der Waals surface area contributed by atoms with Crippen LogP contribution in [0.5, 0.6) is 0 Å². The van der Waals surface area contributed by atoms with Gasteiger partial charge >= 0.3 is 5.97 Å². The molecule has 11 rings (SSSR count). The smallest absolute Gasteiger partial charge is 0.361 e. The number of nitrogens with one attached hydrogen (secondary N) is 2. The Bertz CT molecular complexity index is 2900. The first-order valence-corrected chi connectivity index (χ1v) is 26.2. The van der Waals surface area contributed by atoms with Gasteiger partial charge in [0.2, 0.25) is 23.8 Å². The molecule has 6 fully saturated rings. The summed E-state index contributed by atoms with van der Waals surface area (Å²) in [5, 5.41) is 9.58. The van der Waals surface area contributed by atoms with E-state index in [4.69, 9.17) is 15.6 Å². The van der Waals surface area contributed by atoms with E-state index < -0.39 is 53.5 Å². The van der Waals surface area contributed by atoms with Crippen LogP contribution in [0, 0.1) is 23.1 Å². The molecule has 0 radical (unpaired) electrons. The Labute approximate surface area is 432 Å². The summed E-state index contributed by atoms with van der Waals surface area (Å²) in [6, 6.07) is 13.6. The Morgan fingerprint density at radius 1 is 0.867 bits per heavy atom. The number of rotatable bonds is 13. The number of ether oxygens (including phenoxy) is 1. The third kappa shape index (κ3) is 10.4. The zero-order valence-electron chi connectivity index (χ0n) is 41.7. The number of nitrogens with two attached hydrogens (primary N) is 1. The molecule has 0 bridgehead atoms. The van der Waals surface area contributed by atoms with Crippen LogP contribution in [-0.2, 0) is 33.5 Å². The second kappa shape index (κ2) is 20.7. The summed E-state index contributed by atoms with van der Waals surface area (Å²) in [4.78, 5) is 109. The van der Waals surface area contributed by atoms with Crippen LogP contribution in [0.15, 0.2) is 85.0 Å². The number of anilines is 2. The van der Waals surface area contributed by atoms with Gasteiger partial charge < -0.3 is 35.4 Å². The molecule has 6 aliphatic heterocycles. The van der Waals surface area contributed by atoms with Crippen LogP contribution < -0.4 is 16.4 Å². The molecule has 4 aromatic rings. The van der Waals surface area contributed by atoms with Gasteiger partial charge in [-0.1, -0.05) is 30.3 Å². The van der Waals surface area contributed by atoms with E-state index in [-0.39, 0.29) is 47.9 Å². The number of amides is 6. The lowest BCUT2D eigenvalue weighted by atomic mass is 9.59. The molecule has 7 aliphatic rings. The second-order valence-electron chi connectivity index (χ2n) is 21.4. The Hall–Kier alpha value is -7.39. The zero-order valence-corrected chi connectivity index (χ0v) is 41.7. The van der Waals surface area contributed by atoms with Crippen molar-refractivity contribution in [1.82, 2.24) is 49.6 Å². The van der Waals surface area contributed by atoms with Gasteiger partial charge in [-0.25, -0.2) is 19.2 Å². The second-order valence-corrected chi connectivity index (χ2v) is 21.4. The highest BCUT2D eigenvalue weighted by molar-refractivity contribution is 6.18. The number of carbonyl (C=O) groups excluding carboxylic acids is 7. The maximum absolute atomic E-state index is 13.6. The fourth-order valence-electron chi connectivity index (χ4n) is 12.2. The van der Waals surface area contributed by atoms with Gasteiger partial charge in [0.25, 0.3) is 17.7 Å². The molecule has 2 aromatic heterocycles. The fraction of sp³-hybridized carbons (Fsp3) is 0.481. The van der Waals surface area contributed by atoms with Gasteiger partial charge in [-0.2, -0.15) is 5.10 Å². The lowest BCUT2D eigenvalue weighted by Crippen LogP contribution is -2.58. The number of esters is 1. The van der Waals surface area contributed by atoms with Gasteiger partial charge in [-0.3, -0.25) is 43.7 Å². The topological polar surface area (TPSA) is 239 Å². The van der Waals surface area contributed by atoms with Crippen LogP contribution in [0.4, 0.5) is 15.9 Å². The normalized spacial score (nSPS) is 22.7. The number of imide groups is 2. The van der Waals surface area contributed by atoms with Crippen LogP contribution in [0.2, 0.25) is 0 Å². The molecule has 1 saturated carbocycles. The van der Waals surface area contributed by atoms with Crippen LogP contribution in [0.25, 0.3) is 11.3 Å². The largest absolute Gasteiger partial charge is 0.442 e. The number of hydrogen-bond acceptors (Lipinski definition) is 15. The Balaban J connectivity index is 0.596. The molecule has 5 saturated heterocycles. The highest BCUT2D eigenvalue weighted by Gasteiger charge is 2.49. The van der Waals surface area contributed by atoms with Crippen molar-refractivity contribution in [1.29, 1.82) is 0 Å². The third-order valence-corrected chi connectivity index (χ3v) is 16.7. The van der Waals surface area contributed by atoms with E-state index >= 15 is 0 Å². The monoisotopic (exact) mass is 1020 g/mol. The summed E-state index contributed by atoms with van der Waals surface area (Å²) in [6.07, 6.45) is 13.9. The standard InChI is InChI=1S/C54H61FN12O8/c55-37-6-8-38(9-7-37)59-50(71)47(34-4-2-1-3-5-34)75-53(74)46-48(56)57-28-41(60-46)35-27-58-66(32-35)39-14-20-63(21-15-39)40-25-54(26-40)16-22-62(23-17-54)29-33-12-18-64(19-13-33)51(72)36-30-65(31-36)43-24-45(69)67(52(43)73)42-10-11-44(68)61-49(42)70/h1-9,24,27-28,32-33,36,39-40,42,47H,10-23,25-26,29-31H2,(H2,56,57)(H,59,71)(H,61,68,70)/t42?,47-/m1/s1. The first kappa shape index (κ1) is 49.8. The number of carbonyl (C=O) groups is 7. The number of hydrogen-bond donors (Lipinski definition) is 3. The lowest BCUT2D eigenvalue weighted by molar-refractivity contribution is -0.151. The molecule has 20 nitrogen and oxygen atoms in total. The minimum Gasteiger partial charge on any atom is -0.442 e. The van der Waals surface area contributed by atoms with Crippen molar-refractivity contribution in [2.75, 3.05) is 70.0 Å². The molecular formula is C54H61FN12O8. The number of benzene rings is 2. The number of likely N-dealkylation sites (tertiary alicyclic amines) is 4. The number of halogens is 1. The Kier molecular flexibility index (Phi) is 13.8. The first-order valence-electron chi connectivity index (χ1n) is 26.2. The van der Waals surface area contributed by atoms with Crippen molar-refractivity contribution in [3.63, 3.8) is 0 Å². The summed E-state index contributed by atoms with van der Waals surface area (Å²) in [6.45, 7) is 7.42. The van der Waals surface area contributed by atoms with E-state index in [1.54, 1.807) is 41.4 Å². The molecule has 392 valence electrons. The quantitative estimate of drug-likeness (QED) is 0.128. The minimum atomic E-state index is -1.36. The predicted molar refractivity (Wildman–Crippen MR) is 269 cm³/mol. The lowest BCUT2D eigenvalue weighted by Gasteiger charge is -2.56. The molecule has 1 spiro atoms. The summed E-state index contributed by atoms with van der Waals surface area (Å²) in [5.74, 6) is -3.95. The van der Waals surface area contributed by atoms with E-state index in [1.165, 1.54) is 62.2 Å². The van der Waals surface area contributed by atoms with Crippen LogP contribution in [0.3, 0.4) is 0 Å². The van der Waals surface area contributed by atoms with Crippen LogP contribution in [0.1, 0.15) is 92.4 Å². The average molecular weight is 1030 g/mol. The fourth-order valence-corrected chi connectivity index (χ4v) is 12.2. The van der Waals surface area contributed by atoms with E-state index in [9.17, 15) is 38.0 Å². The third-order valence-electron chi connectivity index (χ3n) is 16.7. The van der Waals surface area contributed by atoms with Crippen molar-refractivity contribution in [2.24, 2.45) is 17.3 Å². The molecular weight excluding hydrogens is 964 g/mol. The highest BCUT2D eigenvalue weighted by Crippen LogP contribution is 2.52. The van der Waals surface area contributed by atoms with Gasteiger partial charge in [0.1, 0.15) is 17.6 Å². The summed E-state index contributed by atoms with van der Waals surface area (Å²) >= 11 is 0. The van der Waals surface area contributed by atoms with Gasteiger partial charge in [0.05, 0.1) is 30.0 Å². The van der Waals surface area contributed by atoms with Crippen molar-refractivity contribution in [3.05, 3.63) is 102 Å².